The fourth-order valence-electron chi connectivity index (χ4n) is 2.41. The van der Waals surface area contributed by atoms with Crippen molar-refractivity contribution >= 4 is 0 Å². The quantitative estimate of drug-likeness (QED) is 0.509. The molecule has 2 rings (SSSR count). The molecule has 0 aromatic heterocycles. The molecule has 0 N–H and O–H groups in total. The summed E-state index contributed by atoms with van der Waals surface area (Å²) in [6.07, 6.45) is 10.4. The van der Waals surface area contributed by atoms with E-state index in [2.05, 4.69) is 26.0 Å². The molecule has 0 bridgehead atoms. The van der Waals surface area contributed by atoms with Crippen LogP contribution in [0.2, 0.25) is 0 Å². The summed E-state index contributed by atoms with van der Waals surface area (Å²) in [6, 6.07) is 0. The lowest BCUT2D eigenvalue weighted by Gasteiger charge is -2.30. The molecule has 12 heavy (non-hydrogen) atoms. The van der Waals surface area contributed by atoms with Gasteiger partial charge in [-0.3, -0.25) is 0 Å². The monoisotopic (exact) mass is 162 g/mol. The smallest absolute Gasteiger partial charge is 0.0159 e. The zero-order valence-electron chi connectivity index (χ0n) is 8.14. The summed E-state index contributed by atoms with van der Waals surface area (Å²) in [5, 5.41) is 0. The Morgan fingerprint density at radius 3 is 3.08 bits per heavy atom. The second-order valence-electron chi connectivity index (χ2n) is 4.36. The van der Waals surface area contributed by atoms with Crippen molar-refractivity contribution in [3.63, 3.8) is 0 Å². The highest BCUT2D eigenvalue weighted by Crippen LogP contribution is 2.37. The van der Waals surface area contributed by atoms with Crippen molar-refractivity contribution in [1.82, 2.24) is 0 Å². The van der Waals surface area contributed by atoms with Crippen molar-refractivity contribution in [2.24, 2.45) is 11.8 Å². The summed E-state index contributed by atoms with van der Waals surface area (Å²) >= 11 is 0. The number of hydrogen-bond donors (Lipinski definition) is 0. The normalized spacial score (nSPS) is 35.2. The van der Waals surface area contributed by atoms with Crippen LogP contribution in [0.1, 0.15) is 39.5 Å². The Morgan fingerprint density at radius 2 is 2.25 bits per heavy atom. The number of hydrogen-bond acceptors (Lipinski definition) is 0. The van der Waals surface area contributed by atoms with E-state index in [0.29, 0.717) is 0 Å². The minimum absolute atomic E-state index is 0.824. The molecule has 2 aliphatic carbocycles. The SMILES string of the molecule is CC1=CC2=CCCC[C@H]2CC1C. The molecule has 0 nitrogen and oxygen atoms in total. The first-order valence-corrected chi connectivity index (χ1v) is 5.15. The topological polar surface area (TPSA) is 0 Å². The molecule has 0 saturated heterocycles. The Morgan fingerprint density at radius 1 is 1.42 bits per heavy atom. The first-order valence-electron chi connectivity index (χ1n) is 5.15. The summed E-state index contributed by atoms with van der Waals surface area (Å²) in [5.41, 5.74) is 3.22. The highest BCUT2D eigenvalue weighted by Gasteiger charge is 2.23. The van der Waals surface area contributed by atoms with Crippen molar-refractivity contribution in [3.8, 4) is 0 Å². The van der Waals surface area contributed by atoms with Gasteiger partial charge in [-0.25, -0.2) is 0 Å². The second kappa shape index (κ2) is 3.08. The minimum Gasteiger partial charge on any atom is -0.0810 e. The van der Waals surface area contributed by atoms with Gasteiger partial charge in [0.1, 0.15) is 0 Å². The average Bonchev–Trinajstić information content (AvgIpc) is 2.07. The lowest BCUT2D eigenvalue weighted by atomic mass is 9.75. The summed E-state index contributed by atoms with van der Waals surface area (Å²) in [6.45, 7) is 4.63. The highest BCUT2D eigenvalue weighted by molar-refractivity contribution is 5.31. The van der Waals surface area contributed by atoms with Crippen molar-refractivity contribution < 1.29 is 0 Å². The van der Waals surface area contributed by atoms with Gasteiger partial charge in [0.25, 0.3) is 0 Å². The molecule has 2 atom stereocenters. The van der Waals surface area contributed by atoms with Gasteiger partial charge >= 0.3 is 0 Å². The zero-order valence-corrected chi connectivity index (χ0v) is 8.14. The van der Waals surface area contributed by atoms with Crippen molar-refractivity contribution in [2.45, 2.75) is 39.5 Å². The predicted octanol–water partition coefficient (Wildman–Crippen LogP) is 3.70. The summed E-state index contributed by atoms with van der Waals surface area (Å²) < 4.78 is 0. The predicted molar refractivity (Wildman–Crippen MR) is 53.0 cm³/mol. The molecule has 0 aliphatic heterocycles. The Kier molecular flexibility index (Phi) is 2.08. The van der Waals surface area contributed by atoms with Gasteiger partial charge in [-0.2, -0.15) is 0 Å². The lowest BCUT2D eigenvalue weighted by molar-refractivity contribution is 0.413. The molecule has 0 heterocycles. The molecule has 0 aromatic rings. The van der Waals surface area contributed by atoms with E-state index < -0.39 is 0 Å². The van der Waals surface area contributed by atoms with Crippen LogP contribution in [0.25, 0.3) is 0 Å². The Balaban J connectivity index is 2.26. The van der Waals surface area contributed by atoms with Crippen LogP contribution < -0.4 is 0 Å². The molecule has 1 unspecified atom stereocenters. The second-order valence-corrected chi connectivity index (χ2v) is 4.36. The van der Waals surface area contributed by atoms with Crippen LogP contribution in [0.4, 0.5) is 0 Å². The van der Waals surface area contributed by atoms with Gasteiger partial charge < -0.3 is 0 Å². The molecule has 0 saturated carbocycles. The molecular weight excluding hydrogens is 144 g/mol. The Bertz CT molecular complexity index is 232. The third-order valence-electron chi connectivity index (χ3n) is 3.42. The largest absolute Gasteiger partial charge is 0.0810 e. The van der Waals surface area contributed by atoms with Gasteiger partial charge in [0.15, 0.2) is 0 Å². The van der Waals surface area contributed by atoms with Crippen molar-refractivity contribution in [1.29, 1.82) is 0 Å². The van der Waals surface area contributed by atoms with Crippen LogP contribution >= 0.6 is 0 Å². The summed E-state index contributed by atoms with van der Waals surface area (Å²) in [7, 11) is 0. The van der Waals surface area contributed by atoms with Gasteiger partial charge in [-0.15, -0.1) is 0 Å². The van der Waals surface area contributed by atoms with Crippen LogP contribution in [0.3, 0.4) is 0 Å². The summed E-state index contributed by atoms with van der Waals surface area (Å²) in [5.74, 6) is 1.72. The third-order valence-corrected chi connectivity index (χ3v) is 3.42. The molecule has 0 amide bonds. The average molecular weight is 162 g/mol. The molecule has 0 aromatic carbocycles. The molecule has 66 valence electrons. The highest BCUT2D eigenvalue weighted by atomic mass is 14.3. The Labute approximate surface area is 75.4 Å². The first kappa shape index (κ1) is 8.10. The maximum absolute atomic E-state index is 2.45. The van der Waals surface area contributed by atoms with Crippen LogP contribution in [0, 0.1) is 11.8 Å². The van der Waals surface area contributed by atoms with Crippen molar-refractivity contribution in [3.05, 3.63) is 23.3 Å². The van der Waals surface area contributed by atoms with Crippen LogP contribution in [0.5, 0.6) is 0 Å². The van der Waals surface area contributed by atoms with E-state index >= 15 is 0 Å². The van der Waals surface area contributed by atoms with Crippen molar-refractivity contribution in [2.75, 3.05) is 0 Å². The summed E-state index contributed by atoms with van der Waals surface area (Å²) in [4.78, 5) is 0. The van der Waals surface area contributed by atoms with Crippen LogP contribution in [-0.4, -0.2) is 0 Å². The van der Waals surface area contributed by atoms with Gasteiger partial charge in [-0.1, -0.05) is 24.6 Å². The zero-order chi connectivity index (χ0) is 8.55. The maximum atomic E-state index is 2.45. The van der Waals surface area contributed by atoms with Gasteiger partial charge in [0.05, 0.1) is 0 Å². The molecule has 0 radical (unpaired) electrons. The maximum Gasteiger partial charge on any atom is -0.0159 e. The third kappa shape index (κ3) is 1.35. The van der Waals surface area contributed by atoms with E-state index in [1.165, 1.54) is 25.7 Å². The van der Waals surface area contributed by atoms with E-state index in [-0.39, 0.29) is 0 Å². The van der Waals surface area contributed by atoms with Crippen LogP contribution in [0.15, 0.2) is 23.3 Å². The lowest BCUT2D eigenvalue weighted by Crippen LogP contribution is -2.17. The van der Waals surface area contributed by atoms with E-state index in [9.17, 15) is 0 Å². The Hall–Kier alpha value is -0.520. The van der Waals surface area contributed by atoms with Crippen LogP contribution in [-0.2, 0) is 0 Å². The fourth-order valence-corrected chi connectivity index (χ4v) is 2.41. The van der Waals surface area contributed by atoms with E-state index in [1.54, 1.807) is 11.1 Å². The van der Waals surface area contributed by atoms with Gasteiger partial charge in [-0.05, 0) is 50.0 Å². The molecule has 2 aliphatic rings. The van der Waals surface area contributed by atoms with Gasteiger partial charge in [0.2, 0.25) is 0 Å². The first-order chi connectivity index (χ1) is 5.77. The molecule has 0 spiro atoms. The molecule has 0 heteroatoms. The number of allylic oxidation sites excluding steroid dienone is 4. The molecular formula is C12H18. The van der Waals surface area contributed by atoms with E-state index in [1.807, 2.05) is 0 Å². The standard InChI is InChI=1S/C12H18/c1-9-7-11-5-3-4-6-12(11)8-10(9)2/h5,7,10,12H,3-4,6,8H2,1-2H3/t10?,12-/m0/s1. The van der Waals surface area contributed by atoms with E-state index in [0.717, 1.165) is 11.8 Å². The number of fused-ring (bicyclic) bond motifs is 1. The fraction of sp³-hybridized carbons (Fsp3) is 0.667. The molecule has 0 fully saturated rings. The van der Waals surface area contributed by atoms with Gasteiger partial charge in [0, 0.05) is 0 Å². The van der Waals surface area contributed by atoms with E-state index in [4.69, 9.17) is 0 Å². The number of rotatable bonds is 0. The minimum atomic E-state index is 0.824.